The highest BCUT2D eigenvalue weighted by molar-refractivity contribution is 6.74. The van der Waals surface area contributed by atoms with Gasteiger partial charge in [0.15, 0.2) is 6.71 Å². The van der Waals surface area contributed by atoms with Gasteiger partial charge >= 0.3 is 0 Å². The molecule has 0 fully saturated rings. The summed E-state index contributed by atoms with van der Waals surface area (Å²) in [5, 5.41) is 2.93. The lowest BCUT2D eigenvalue weighted by molar-refractivity contribution is 0.811. The van der Waals surface area contributed by atoms with Crippen LogP contribution in [0, 0.1) is 6.92 Å². The van der Waals surface area contributed by atoms with Gasteiger partial charge in [-0.15, -0.1) is 0 Å². The van der Waals surface area contributed by atoms with Gasteiger partial charge in [0.1, 0.15) is 0 Å². The molecule has 0 atom stereocenters. The molecular weight excluding hydrogens is 347 g/mol. The van der Waals surface area contributed by atoms with E-state index in [4.69, 9.17) is 0 Å². The molecule has 0 nitrogen and oxygen atoms in total. The smallest absolute Gasteiger partial charge is 0.0726 e. The maximum Gasteiger partial charge on any atom is 0.185 e. The van der Waals surface area contributed by atoms with Crippen LogP contribution in [0.25, 0.3) is 10.8 Å². The normalized spacial score (nSPS) is 13.9. The van der Waals surface area contributed by atoms with Gasteiger partial charge in [0.05, 0.1) is 0 Å². The van der Waals surface area contributed by atoms with Crippen LogP contribution in [0.4, 0.5) is 0 Å². The van der Waals surface area contributed by atoms with Crippen molar-refractivity contribution in [1.29, 1.82) is 0 Å². The Balaban J connectivity index is 1.92. The fourth-order valence-electron chi connectivity index (χ4n) is 5.34. The second-order valence-corrected chi connectivity index (χ2v) is 10.1. The average molecular weight is 382 g/mol. The summed E-state index contributed by atoms with van der Waals surface area (Å²) in [7, 11) is 0. The van der Waals surface area contributed by atoms with Gasteiger partial charge < -0.3 is 0 Å². The van der Waals surface area contributed by atoms with E-state index in [9.17, 15) is 0 Å². The van der Waals surface area contributed by atoms with Crippen molar-refractivity contribution in [2.75, 3.05) is 0 Å². The topological polar surface area (TPSA) is 0 Å². The van der Waals surface area contributed by atoms with Gasteiger partial charge in [-0.1, -0.05) is 101 Å². The molecule has 0 unspecified atom stereocenters. The first-order valence-electron chi connectivity index (χ1n) is 11.5. The van der Waals surface area contributed by atoms with E-state index in [1.807, 2.05) is 0 Å². The van der Waals surface area contributed by atoms with Crippen molar-refractivity contribution in [3.63, 3.8) is 0 Å². The zero-order valence-corrected chi connectivity index (χ0v) is 19.3. The zero-order valence-electron chi connectivity index (χ0n) is 19.3. The summed E-state index contributed by atoms with van der Waals surface area (Å²) in [6.07, 6.45) is 2.33. The number of benzene rings is 3. The van der Waals surface area contributed by atoms with Gasteiger partial charge in [-0.2, -0.15) is 0 Å². The van der Waals surface area contributed by atoms with Crippen LogP contribution in [0.1, 0.15) is 92.7 Å². The van der Waals surface area contributed by atoms with E-state index < -0.39 is 0 Å². The Labute approximate surface area is 177 Å². The second-order valence-electron chi connectivity index (χ2n) is 10.1. The SMILES string of the molecule is Cc1ccc2cccc3c2c1CB(c1c(C(C)C)cc(C(C)C)cc1C(C)C)C3. The minimum atomic E-state index is 0.551. The summed E-state index contributed by atoms with van der Waals surface area (Å²) >= 11 is 0. The van der Waals surface area contributed by atoms with Crippen molar-refractivity contribution in [2.45, 2.75) is 78.9 Å². The highest BCUT2D eigenvalue weighted by Gasteiger charge is 2.31. The Hall–Kier alpha value is -2.02. The van der Waals surface area contributed by atoms with Crippen molar-refractivity contribution in [3.8, 4) is 0 Å². The number of rotatable bonds is 4. The molecule has 1 heterocycles. The zero-order chi connectivity index (χ0) is 20.9. The maximum atomic E-state index is 2.52. The van der Waals surface area contributed by atoms with Crippen molar-refractivity contribution < 1.29 is 0 Å². The molecule has 0 aromatic heterocycles. The lowest BCUT2D eigenvalue weighted by Crippen LogP contribution is -2.43. The highest BCUT2D eigenvalue weighted by Crippen LogP contribution is 2.34. The lowest BCUT2D eigenvalue weighted by Gasteiger charge is -2.31. The quantitative estimate of drug-likeness (QED) is 0.422. The Kier molecular flexibility index (Phi) is 5.36. The van der Waals surface area contributed by atoms with Crippen LogP contribution in [-0.4, -0.2) is 6.71 Å². The monoisotopic (exact) mass is 382 g/mol. The molecule has 0 aliphatic carbocycles. The predicted molar refractivity (Wildman–Crippen MR) is 130 cm³/mol. The minimum Gasteiger partial charge on any atom is -0.0726 e. The molecule has 150 valence electrons. The first kappa shape index (κ1) is 20.3. The van der Waals surface area contributed by atoms with Gasteiger partial charge in [0.25, 0.3) is 0 Å². The predicted octanol–water partition coefficient (Wildman–Crippen LogP) is 7.10. The summed E-state index contributed by atoms with van der Waals surface area (Å²) in [5.74, 6) is 1.67. The Morgan fingerprint density at radius 2 is 1.41 bits per heavy atom. The maximum absolute atomic E-state index is 2.52. The molecule has 4 rings (SSSR count). The Morgan fingerprint density at radius 3 is 2.00 bits per heavy atom. The molecular formula is C28H35B. The van der Waals surface area contributed by atoms with Crippen LogP contribution < -0.4 is 5.46 Å². The molecule has 3 aromatic carbocycles. The third-order valence-electron chi connectivity index (χ3n) is 6.98. The van der Waals surface area contributed by atoms with Gasteiger partial charge in [-0.3, -0.25) is 0 Å². The first-order valence-corrected chi connectivity index (χ1v) is 11.5. The first-order chi connectivity index (χ1) is 13.8. The minimum absolute atomic E-state index is 0.551. The average Bonchev–Trinajstić information content (AvgIpc) is 2.69. The van der Waals surface area contributed by atoms with E-state index in [1.165, 1.54) is 33.8 Å². The molecule has 0 saturated heterocycles. The fraction of sp³-hybridized carbons (Fsp3) is 0.429. The summed E-state index contributed by atoms with van der Waals surface area (Å²) in [5.41, 5.74) is 10.9. The van der Waals surface area contributed by atoms with Gasteiger partial charge in [-0.25, -0.2) is 0 Å². The Morgan fingerprint density at radius 1 is 0.759 bits per heavy atom. The fourth-order valence-corrected chi connectivity index (χ4v) is 5.34. The molecule has 0 N–H and O–H groups in total. The van der Waals surface area contributed by atoms with Crippen LogP contribution in [-0.2, 0) is 12.6 Å². The summed E-state index contributed by atoms with van der Waals surface area (Å²) in [6, 6.07) is 16.5. The van der Waals surface area contributed by atoms with Crippen molar-refractivity contribution in [1.82, 2.24) is 0 Å². The van der Waals surface area contributed by atoms with E-state index in [0.29, 0.717) is 24.5 Å². The van der Waals surface area contributed by atoms with Gasteiger partial charge in [0, 0.05) is 0 Å². The second kappa shape index (κ2) is 7.67. The molecule has 0 radical (unpaired) electrons. The Bertz CT molecular complexity index is 1030. The summed E-state index contributed by atoms with van der Waals surface area (Å²) in [6.45, 7) is 17.0. The molecule has 29 heavy (non-hydrogen) atoms. The molecule has 0 bridgehead atoms. The molecule has 1 aliphatic heterocycles. The molecule has 0 spiro atoms. The van der Waals surface area contributed by atoms with Crippen LogP contribution >= 0.6 is 0 Å². The molecule has 3 aromatic rings. The van der Waals surface area contributed by atoms with Crippen molar-refractivity contribution in [2.24, 2.45) is 0 Å². The molecule has 0 saturated carbocycles. The van der Waals surface area contributed by atoms with Crippen LogP contribution in [0.2, 0.25) is 0 Å². The van der Waals surface area contributed by atoms with E-state index in [0.717, 1.165) is 6.32 Å². The third-order valence-corrected chi connectivity index (χ3v) is 6.98. The molecule has 0 amide bonds. The largest absolute Gasteiger partial charge is 0.185 e. The van der Waals surface area contributed by atoms with E-state index in [2.05, 4.69) is 90.9 Å². The number of aryl methyl sites for hydroxylation is 1. The number of hydrogen-bond donors (Lipinski definition) is 0. The van der Waals surface area contributed by atoms with Crippen LogP contribution in [0.15, 0.2) is 42.5 Å². The van der Waals surface area contributed by atoms with Crippen LogP contribution in [0.3, 0.4) is 0 Å². The number of hydrogen-bond acceptors (Lipinski definition) is 0. The van der Waals surface area contributed by atoms with Gasteiger partial charge in [-0.05, 0) is 70.3 Å². The highest BCUT2D eigenvalue weighted by atomic mass is 14.2. The third kappa shape index (κ3) is 3.54. The molecule has 1 heteroatoms. The molecule has 1 aliphatic rings. The van der Waals surface area contributed by atoms with E-state index in [1.54, 1.807) is 22.2 Å². The van der Waals surface area contributed by atoms with E-state index >= 15 is 0 Å². The van der Waals surface area contributed by atoms with Crippen molar-refractivity contribution in [3.05, 3.63) is 75.8 Å². The summed E-state index contributed by atoms with van der Waals surface area (Å²) < 4.78 is 0. The lowest BCUT2D eigenvalue weighted by atomic mass is 9.35. The summed E-state index contributed by atoms with van der Waals surface area (Å²) in [4.78, 5) is 0. The van der Waals surface area contributed by atoms with Crippen molar-refractivity contribution >= 4 is 22.9 Å². The standard InChI is InChI=1S/C28H35B/c1-17(2)23-13-24(18(3)4)28(25(14-23)19(5)6)29-15-22-10-8-9-21-12-11-20(7)26(16-29)27(21)22/h8-14,17-19H,15-16H2,1-7H3. The van der Waals surface area contributed by atoms with E-state index in [-0.39, 0.29) is 0 Å². The van der Waals surface area contributed by atoms with Crippen LogP contribution in [0.5, 0.6) is 0 Å². The van der Waals surface area contributed by atoms with Gasteiger partial charge in [0.2, 0.25) is 0 Å².